The number of hydrogen-bond donors (Lipinski definition) is 2. The second-order valence-electron chi connectivity index (χ2n) is 6.83. The van der Waals surface area contributed by atoms with Gasteiger partial charge >= 0.3 is 5.69 Å². The topological polar surface area (TPSA) is 97.0 Å². The fourth-order valence-electron chi connectivity index (χ4n) is 3.20. The Morgan fingerprint density at radius 3 is 2.55 bits per heavy atom. The molecule has 29 heavy (non-hydrogen) atoms. The number of rotatable bonds is 8. The number of benzene rings is 1. The van der Waals surface area contributed by atoms with E-state index < -0.39 is 11.2 Å². The summed E-state index contributed by atoms with van der Waals surface area (Å²) in [7, 11) is 0. The van der Waals surface area contributed by atoms with Crippen molar-refractivity contribution in [3.8, 4) is 0 Å². The monoisotopic (exact) mass is 413 g/mol. The fraction of sp³-hybridized carbons (Fsp3) is 0.286. The van der Waals surface area contributed by atoms with E-state index in [2.05, 4.69) is 9.97 Å². The Morgan fingerprint density at radius 2 is 1.86 bits per heavy atom. The number of nitrogens with two attached hydrogens (primary N) is 1. The molecule has 0 aliphatic heterocycles. The molecule has 0 saturated heterocycles. The van der Waals surface area contributed by atoms with Crippen molar-refractivity contribution in [2.75, 3.05) is 10.6 Å². The van der Waals surface area contributed by atoms with Gasteiger partial charge in [-0.3, -0.25) is 14.3 Å². The Bertz CT molecular complexity index is 1080. The first-order valence-corrected chi connectivity index (χ1v) is 9.89. The maximum Gasteiger partial charge on any atom is 0.330 e. The van der Waals surface area contributed by atoms with Gasteiger partial charge in [0.1, 0.15) is 16.7 Å². The predicted molar refractivity (Wildman–Crippen MR) is 116 cm³/mol. The van der Waals surface area contributed by atoms with E-state index in [1.165, 1.54) is 4.57 Å². The minimum absolute atomic E-state index is 0.170. The molecule has 0 atom stereocenters. The van der Waals surface area contributed by atoms with E-state index in [-0.39, 0.29) is 11.5 Å². The maximum atomic E-state index is 12.7. The molecule has 1 aromatic carbocycles. The van der Waals surface area contributed by atoms with Crippen molar-refractivity contribution in [1.82, 2.24) is 14.5 Å². The van der Waals surface area contributed by atoms with Crippen molar-refractivity contribution in [2.24, 2.45) is 0 Å². The van der Waals surface area contributed by atoms with Gasteiger partial charge in [0, 0.05) is 25.8 Å². The third-order valence-electron chi connectivity index (χ3n) is 4.65. The summed E-state index contributed by atoms with van der Waals surface area (Å²) in [6.45, 7) is 3.31. The largest absolute Gasteiger partial charge is 0.383 e. The summed E-state index contributed by atoms with van der Waals surface area (Å²) in [5, 5.41) is 0.372. The van der Waals surface area contributed by atoms with Gasteiger partial charge in [-0.1, -0.05) is 55.3 Å². The van der Waals surface area contributed by atoms with E-state index in [9.17, 15) is 9.59 Å². The Balaban J connectivity index is 2.07. The lowest BCUT2D eigenvalue weighted by Crippen LogP contribution is -2.38. The van der Waals surface area contributed by atoms with Crippen LogP contribution in [0.1, 0.15) is 30.9 Å². The summed E-state index contributed by atoms with van der Waals surface area (Å²) >= 11 is 6.03. The summed E-state index contributed by atoms with van der Waals surface area (Å²) in [5.41, 5.74) is 7.50. The van der Waals surface area contributed by atoms with Gasteiger partial charge in [0.15, 0.2) is 0 Å². The highest BCUT2D eigenvalue weighted by atomic mass is 35.5. The number of unbranched alkanes of at least 4 members (excludes halogenated alkanes) is 1. The van der Waals surface area contributed by atoms with Gasteiger partial charge < -0.3 is 10.6 Å². The minimum atomic E-state index is -0.503. The maximum absolute atomic E-state index is 12.7. The molecule has 152 valence electrons. The van der Waals surface area contributed by atoms with Crippen molar-refractivity contribution >= 4 is 23.1 Å². The standard InChI is InChI=1S/C21H24ClN5O2/c1-2-3-11-27-19(23)18(20(28)25-21(27)29)26(13-15-7-5-4-6-8-15)14-16-9-10-24-17(22)12-16/h4-10,12H,2-3,11,13-14,23H2,1H3,(H,25,28,29). The Hall–Kier alpha value is -3.06. The van der Waals surface area contributed by atoms with Crippen molar-refractivity contribution in [2.45, 2.75) is 39.4 Å². The molecule has 0 aliphatic carbocycles. The third kappa shape index (κ3) is 5.06. The third-order valence-corrected chi connectivity index (χ3v) is 4.85. The van der Waals surface area contributed by atoms with Gasteiger partial charge in [0.05, 0.1) is 0 Å². The van der Waals surface area contributed by atoms with Crippen LogP contribution < -0.4 is 21.9 Å². The van der Waals surface area contributed by atoms with Gasteiger partial charge in [-0.05, 0) is 29.7 Å². The Kier molecular flexibility index (Phi) is 6.72. The van der Waals surface area contributed by atoms with Crippen LogP contribution in [-0.2, 0) is 19.6 Å². The number of nitrogens with one attached hydrogen (secondary N) is 1. The number of nitrogens with zero attached hydrogens (tertiary/aromatic N) is 3. The average Bonchev–Trinajstić information content (AvgIpc) is 2.68. The van der Waals surface area contributed by atoms with E-state index >= 15 is 0 Å². The number of pyridine rings is 1. The molecule has 0 saturated carbocycles. The molecule has 0 spiro atoms. The average molecular weight is 414 g/mol. The zero-order valence-electron chi connectivity index (χ0n) is 16.3. The van der Waals surface area contributed by atoms with Crippen LogP contribution in [0, 0.1) is 0 Å². The molecule has 0 aliphatic rings. The zero-order valence-corrected chi connectivity index (χ0v) is 17.0. The lowest BCUT2D eigenvalue weighted by molar-refractivity contribution is 0.602. The fourth-order valence-corrected chi connectivity index (χ4v) is 3.40. The van der Waals surface area contributed by atoms with Crippen LogP contribution in [-0.4, -0.2) is 14.5 Å². The number of aromatic amines is 1. The SMILES string of the molecule is CCCCn1c(N)c(N(Cc2ccccc2)Cc2ccnc(Cl)c2)c(=O)[nH]c1=O. The molecule has 2 heterocycles. The lowest BCUT2D eigenvalue weighted by atomic mass is 10.1. The highest BCUT2D eigenvalue weighted by Crippen LogP contribution is 2.22. The highest BCUT2D eigenvalue weighted by molar-refractivity contribution is 6.29. The molecule has 3 N–H and O–H groups in total. The first kappa shape index (κ1) is 20.7. The van der Waals surface area contributed by atoms with Gasteiger partial charge in [0.25, 0.3) is 5.56 Å². The van der Waals surface area contributed by atoms with Crippen molar-refractivity contribution in [3.05, 3.63) is 85.8 Å². The molecule has 0 unspecified atom stereocenters. The van der Waals surface area contributed by atoms with E-state index in [4.69, 9.17) is 17.3 Å². The summed E-state index contributed by atoms with van der Waals surface area (Å²) in [4.78, 5) is 33.3. The van der Waals surface area contributed by atoms with Crippen LogP contribution in [0.25, 0.3) is 0 Å². The number of nitrogen functional groups attached to an aromatic ring is 1. The Labute approximate surface area is 173 Å². The number of halogens is 1. The number of hydrogen-bond acceptors (Lipinski definition) is 5. The van der Waals surface area contributed by atoms with E-state index in [0.29, 0.717) is 24.8 Å². The first-order valence-electron chi connectivity index (χ1n) is 9.51. The van der Waals surface area contributed by atoms with Gasteiger partial charge in [-0.2, -0.15) is 0 Å². The number of aromatic nitrogens is 3. The second-order valence-corrected chi connectivity index (χ2v) is 7.21. The van der Waals surface area contributed by atoms with E-state index in [1.807, 2.05) is 48.2 Å². The van der Waals surface area contributed by atoms with Gasteiger partial charge in [-0.25, -0.2) is 9.78 Å². The zero-order chi connectivity index (χ0) is 20.8. The highest BCUT2D eigenvalue weighted by Gasteiger charge is 2.19. The van der Waals surface area contributed by atoms with E-state index in [0.717, 1.165) is 24.0 Å². The quantitative estimate of drug-likeness (QED) is 0.553. The van der Waals surface area contributed by atoms with Crippen LogP contribution in [0.15, 0.2) is 58.3 Å². The second kappa shape index (κ2) is 9.43. The molecule has 8 heteroatoms. The van der Waals surface area contributed by atoms with Crippen molar-refractivity contribution < 1.29 is 0 Å². The molecule has 2 aromatic heterocycles. The summed E-state index contributed by atoms with van der Waals surface area (Å²) in [6, 6.07) is 13.3. The predicted octanol–water partition coefficient (Wildman–Crippen LogP) is 3.17. The summed E-state index contributed by atoms with van der Waals surface area (Å²) in [6.07, 6.45) is 3.31. The lowest BCUT2D eigenvalue weighted by Gasteiger charge is -2.26. The van der Waals surface area contributed by atoms with Gasteiger partial charge in [0.2, 0.25) is 0 Å². The molecule has 7 nitrogen and oxygen atoms in total. The molecule has 0 radical (unpaired) electrons. The molecule has 3 aromatic rings. The number of anilines is 2. The minimum Gasteiger partial charge on any atom is -0.383 e. The van der Waals surface area contributed by atoms with Crippen LogP contribution in [0.2, 0.25) is 5.15 Å². The molecule has 0 bridgehead atoms. The van der Waals surface area contributed by atoms with Crippen LogP contribution in [0.4, 0.5) is 11.5 Å². The summed E-state index contributed by atoms with van der Waals surface area (Å²) < 4.78 is 1.43. The van der Waals surface area contributed by atoms with Crippen molar-refractivity contribution in [1.29, 1.82) is 0 Å². The van der Waals surface area contributed by atoms with Crippen LogP contribution in [0.3, 0.4) is 0 Å². The van der Waals surface area contributed by atoms with Gasteiger partial charge in [-0.15, -0.1) is 0 Å². The van der Waals surface area contributed by atoms with Crippen molar-refractivity contribution in [3.63, 3.8) is 0 Å². The van der Waals surface area contributed by atoms with Crippen LogP contribution >= 0.6 is 11.6 Å². The molecule has 3 rings (SSSR count). The molecule has 0 amide bonds. The molecular weight excluding hydrogens is 390 g/mol. The molecular formula is C21H24ClN5O2. The normalized spacial score (nSPS) is 10.8. The first-order chi connectivity index (χ1) is 14.0. The smallest absolute Gasteiger partial charge is 0.330 e. The van der Waals surface area contributed by atoms with E-state index in [1.54, 1.807) is 12.3 Å². The number of H-pyrrole nitrogens is 1. The summed E-state index contributed by atoms with van der Waals surface area (Å²) in [5.74, 6) is 0.170. The van der Waals surface area contributed by atoms with Crippen LogP contribution in [0.5, 0.6) is 0 Å². The molecule has 0 fully saturated rings. The Morgan fingerprint density at radius 1 is 1.14 bits per heavy atom.